The number of nitrogens with zero attached hydrogens (tertiary/aromatic N) is 1. The van der Waals surface area contributed by atoms with Crippen molar-refractivity contribution in [1.29, 1.82) is 0 Å². The molecular formula is C17H12ClNO. The Bertz CT molecular complexity index is 811. The van der Waals surface area contributed by atoms with Crippen LogP contribution in [-0.2, 0) is 0 Å². The van der Waals surface area contributed by atoms with Crippen LogP contribution in [0.3, 0.4) is 0 Å². The van der Waals surface area contributed by atoms with Crippen LogP contribution in [0.2, 0.25) is 5.02 Å². The molecular weight excluding hydrogens is 270 g/mol. The minimum Gasteiger partial charge on any atom is -0.287 e. The van der Waals surface area contributed by atoms with E-state index in [1.54, 1.807) is 18.2 Å². The van der Waals surface area contributed by atoms with E-state index in [4.69, 9.17) is 11.6 Å². The summed E-state index contributed by atoms with van der Waals surface area (Å²) in [5.74, 6) is -0.113. The summed E-state index contributed by atoms with van der Waals surface area (Å²) in [6.45, 7) is 1.91. The van der Waals surface area contributed by atoms with Crippen LogP contribution in [0.5, 0.6) is 0 Å². The van der Waals surface area contributed by atoms with E-state index in [0.717, 1.165) is 16.5 Å². The Kier molecular flexibility index (Phi) is 3.25. The molecule has 0 aliphatic carbocycles. The van der Waals surface area contributed by atoms with E-state index in [1.807, 2.05) is 43.3 Å². The summed E-state index contributed by atoms with van der Waals surface area (Å²) in [5.41, 5.74) is 2.76. The highest BCUT2D eigenvalue weighted by molar-refractivity contribution is 6.31. The highest BCUT2D eigenvalue weighted by atomic mass is 35.5. The van der Waals surface area contributed by atoms with Crippen molar-refractivity contribution in [3.05, 3.63) is 76.4 Å². The number of para-hydroxylation sites is 1. The van der Waals surface area contributed by atoms with Crippen molar-refractivity contribution in [2.75, 3.05) is 0 Å². The highest BCUT2D eigenvalue weighted by Gasteiger charge is 2.12. The summed E-state index contributed by atoms with van der Waals surface area (Å²) in [4.78, 5) is 16.8. The van der Waals surface area contributed by atoms with Gasteiger partial charge >= 0.3 is 0 Å². The quantitative estimate of drug-likeness (QED) is 0.651. The average molecular weight is 282 g/mol. The van der Waals surface area contributed by atoms with Gasteiger partial charge in [0, 0.05) is 16.0 Å². The van der Waals surface area contributed by atoms with Crippen molar-refractivity contribution in [1.82, 2.24) is 4.98 Å². The number of hydrogen-bond donors (Lipinski definition) is 0. The van der Waals surface area contributed by atoms with Crippen LogP contribution in [0.1, 0.15) is 21.6 Å². The normalized spacial score (nSPS) is 10.7. The third kappa shape index (κ3) is 2.30. The van der Waals surface area contributed by atoms with Gasteiger partial charge in [-0.25, -0.2) is 4.98 Å². The molecule has 0 saturated heterocycles. The number of benzene rings is 2. The molecule has 98 valence electrons. The predicted octanol–water partition coefficient (Wildman–Crippen LogP) is 4.43. The summed E-state index contributed by atoms with van der Waals surface area (Å²) in [6.07, 6.45) is 0. The molecule has 0 atom stereocenters. The monoisotopic (exact) mass is 281 g/mol. The third-order valence-electron chi connectivity index (χ3n) is 3.27. The van der Waals surface area contributed by atoms with Gasteiger partial charge in [0.05, 0.1) is 5.52 Å². The van der Waals surface area contributed by atoms with Crippen molar-refractivity contribution in [2.24, 2.45) is 0 Å². The van der Waals surface area contributed by atoms with E-state index in [9.17, 15) is 4.79 Å². The number of pyridine rings is 1. The molecule has 3 heteroatoms. The van der Waals surface area contributed by atoms with E-state index in [1.165, 1.54) is 0 Å². The first kappa shape index (κ1) is 12.8. The van der Waals surface area contributed by atoms with Gasteiger partial charge < -0.3 is 0 Å². The van der Waals surface area contributed by atoms with Crippen LogP contribution >= 0.6 is 11.6 Å². The van der Waals surface area contributed by atoms with E-state index >= 15 is 0 Å². The van der Waals surface area contributed by atoms with Gasteiger partial charge in [-0.1, -0.05) is 48.0 Å². The molecule has 0 fully saturated rings. The van der Waals surface area contributed by atoms with Gasteiger partial charge in [0.25, 0.3) is 0 Å². The summed E-state index contributed by atoms with van der Waals surface area (Å²) >= 11 is 6.07. The molecule has 0 amide bonds. The number of fused-ring (bicyclic) bond motifs is 1. The first-order valence-corrected chi connectivity index (χ1v) is 6.69. The topological polar surface area (TPSA) is 30.0 Å². The van der Waals surface area contributed by atoms with E-state index in [0.29, 0.717) is 16.3 Å². The Morgan fingerprint density at radius 3 is 2.65 bits per heavy atom. The smallest absolute Gasteiger partial charge is 0.211 e. The maximum atomic E-state index is 12.4. The zero-order valence-electron chi connectivity index (χ0n) is 10.9. The molecule has 1 aromatic heterocycles. The lowest BCUT2D eigenvalue weighted by Crippen LogP contribution is -2.04. The maximum Gasteiger partial charge on any atom is 0.211 e. The number of halogens is 1. The number of carbonyl (C=O) groups excluding carboxylic acids is 1. The lowest BCUT2D eigenvalue weighted by atomic mass is 10.1. The van der Waals surface area contributed by atoms with Crippen LogP contribution in [-0.4, -0.2) is 10.8 Å². The standard InChI is InChI=1S/C17H12ClNO/c1-11-6-7-13(10-14(11)18)17(20)16-9-8-12-4-2-3-5-15(12)19-16/h2-10H,1H3. The van der Waals surface area contributed by atoms with Gasteiger partial charge in [-0.15, -0.1) is 0 Å². The lowest BCUT2D eigenvalue weighted by molar-refractivity contribution is 0.103. The summed E-state index contributed by atoms with van der Waals surface area (Å²) < 4.78 is 0. The Hall–Kier alpha value is -2.19. The number of carbonyl (C=O) groups is 1. The van der Waals surface area contributed by atoms with Crippen molar-refractivity contribution >= 4 is 28.3 Å². The van der Waals surface area contributed by atoms with Gasteiger partial charge in [0.1, 0.15) is 5.69 Å². The second kappa shape index (κ2) is 5.06. The number of aromatic nitrogens is 1. The van der Waals surface area contributed by atoms with E-state index in [-0.39, 0.29) is 5.78 Å². The molecule has 0 aliphatic rings. The number of hydrogen-bond acceptors (Lipinski definition) is 2. The van der Waals surface area contributed by atoms with Gasteiger partial charge in [-0.2, -0.15) is 0 Å². The first-order valence-electron chi connectivity index (χ1n) is 6.32. The second-order valence-corrected chi connectivity index (χ2v) is 5.09. The van der Waals surface area contributed by atoms with Crippen LogP contribution < -0.4 is 0 Å². The average Bonchev–Trinajstić information content (AvgIpc) is 2.49. The first-order chi connectivity index (χ1) is 9.65. The Morgan fingerprint density at radius 2 is 1.85 bits per heavy atom. The van der Waals surface area contributed by atoms with Gasteiger partial charge in [-0.3, -0.25) is 4.79 Å². The summed E-state index contributed by atoms with van der Waals surface area (Å²) in [7, 11) is 0. The van der Waals surface area contributed by atoms with Crippen LogP contribution in [0.25, 0.3) is 10.9 Å². The Morgan fingerprint density at radius 1 is 1.05 bits per heavy atom. The molecule has 0 unspecified atom stereocenters. The molecule has 2 nitrogen and oxygen atoms in total. The minimum atomic E-state index is -0.113. The molecule has 3 rings (SSSR count). The van der Waals surface area contributed by atoms with Crippen molar-refractivity contribution in [3.8, 4) is 0 Å². The molecule has 0 radical (unpaired) electrons. The fraction of sp³-hybridized carbons (Fsp3) is 0.0588. The number of aryl methyl sites for hydroxylation is 1. The predicted molar refractivity (Wildman–Crippen MR) is 81.4 cm³/mol. The number of rotatable bonds is 2. The second-order valence-electron chi connectivity index (χ2n) is 4.68. The largest absolute Gasteiger partial charge is 0.287 e. The summed E-state index contributed by atoms with van der Waals surface area (Å²) in [5, 5.41) is 1.61. The van der Waals surface area contributed by atoms with Gasteiger partial charge in [0.15, 0.2) is 0 Å². The molecule has 0 saturated carbocycles. The lowest BCUT2D eigenvalue weighted by Gasteiger charge is -2.04. The summed E-state index contributed by atoms with van der Waals surface area (Å²) in [6, 6.07) is 16.7. The molecule has 2 aromatic carbocycles. The fourth-order valence-corrected chi connectivity index (χ4v) is 2.26. The van der Waals surface area contributed by atoms with Crippen LogP contribution in [0.15, 0.2) is 54.6 Å². The minimum absolute atomic E-state index is 0.113. The van der Waals surface area contributed by atoms with E-state index < -0.39 is 0 Å². The zero-order chi connectivity index (χ0) is 14.1. The molecule has 3 aromatic rings. The Balaban J connectivity index is 2.05. The van der Waals surface area contributed by atoms with E-state index in [2.05, 4.69) is 4.98 Å². The molecule has 1 heterocycles. The zero-order valence-corrected chi connectivity index (χ0v) is 11.7. The molecule has 0 spiro atoms. The van der Waals surface area contributed by atoms with Gasteiger partial charge in [-0.05, 0) is 30.7 Å². The SMILES string of the molecule is Cc1ccc(C(=O)c2ccc3ccccc3n2)cc1Cl. The van der Waals surface area contributed by atoms with Crippen LogP contribution in [0, 0.1) is 6.92 Å². The maximum absolute atomic E-state index is 12.4. The molecule has 20 heavy (non-hydrogen) atoms. The van der Waals surface area contributed by atoms with Crippen LogP contribution in [0.4, 0.5) is 0 Å². The van der Waals surface area contributed by atoms with Crippen molar-refractivity contribution < 1.29 is 4.79 Å². The Labute approximate surface area is 122 Å². The molecule has 0 N–H and O–H groups in total. The van der Waals surface area contributed by atoms with Crippen molar-refractivity contribution in [2.45, 2.75) is 6.92 Å². The number of ketones is 1. The van der Waals surface area contributed by atoms with Gasteiger partial charge in [0.2, 0.25) is 5.78 Å². The van der Waals surface area contributed by atoms with Crippen molar-refractivity contribution in [3.63, 3.8) is 0 Å². The third-order valence-corrected chi connectivity index (χ3v) is 3.67. The highest BCUT2D eigenvalue weighted by Crippen LogP contribution is 2.19. The molecule has 0 bridgehead atoms. The fourth-order valence-electron chi connectivity index (χ4n) is 2.07. The molecule has 0 aliphatic heterocycles.